The van der Waals surface area contributed by atoms with Gasteiger partial charge in [-0.3, -0.25) is 9.69 Å². The number of nitrogens with zero attached hydrogens (tertiary/aromatic N) is 2. The molecule has 1 atom stereocenters. The Morgan fingerprint density at radius 1 is 1.08 bits per heavy atom. The summed E-state index contributed by atoms with van der Waals surface area (Å²) in [6.45, 7) is 6.66. The Kier molecular flexibility index (Phi) is 5.94. The normalized spacial score (nSPS) is 15.8. The molecular weight excluding hydrogens is 322 g/mol. The van der Waals surface area contributed by atoms with Crippen LogP contribution in [0.1, 0.15) is 37.4 Å². The van der Waals surface area contributed by atoms with Gasteiger partial charge in [0.15, 0.2) is 0 Å². The Bertz CT molecular complexity index is 737. The van der Waals surface area contributed by atoms with Gasteiger partial charge in [0.2, 0.25) is 5.91 Å². The van der Waals surface area contributed by atoms with Crippen LogP contribution < -0.4 is 10.2 Å². The van der Waals surface area contributed by atoms with Crippen LogP contribution in [0.4, 0.5) is 11.4 Å². The third-order valence-electron chi connectivity index (χ3n) is 5.31. The van der Waals surface area contributed by atoms with E-state index in [2.05, 4.69) is 65.4 Å². The second-order valence-corrected chi connectivity index (χ2v) is 6.94. The number of nitrogens with one attached hydrogen (secondary N) is 1. The smallest absolute Gasteiger partial charge is 0.238 e. The van der Waals surface area contributed by atoms with E-state index in [1.54, 1.807) is 0 Å². The van der Waals surface area contributed by atoms with Gasteiger partial charge in [0.25, 0.3) is 0 Å². The van der Waals surface area contributed by atoms with Gasteiger partial charge in [0.1, 0.15) is 0 Å². The van der Waals surface area contributed by atoms with E-state index in [0.717, 1.165) is 31.6 Å². The molecule has 0 aromatic heterocycles. The number of carbonyl (C=O) groups excluding carboxylic acids is 1. The van der Waals surface area contributed by atoms with E-state index in [4.69, 9.17) is 0 Å². The summed E-state index contributed by atoms with van der Waals surface area (Å²) in [6.07, 6.45) is 2.18. The van der Waals surface area contributed by atoms with E-state index in [-0.39, 0.29) is 5.91 Å². The van der Waals surface area contributed by atoms with Crippen molar-refractivity contribution in [3.63, 3.8) is 0 Å². The molecule has 1 amide bonds. The first kappa shape index (κ1) is 18.5. The molecule has 1 aliphatic carbocycles. The molecule has 4 heteroatoms. The number of rotatable bonds is 7. The summed E-state index contributed by atoms with van der Waals surface area (Å²) in [6, 6.07) is 17.0. The fourth-order valence-corrected chi connectivity index (χ4v) is 3.87. The van der Waals surface area contributed by atoms with Crippen LogP contribution in [0.3, 0.4) is 0 Å². The van der Waals surface area contributed by atoms with Gasteiger partial charge in [0.05, 0.1) is 6.54 Å². The molecule has 0 unspecified atom stereocenters. The van der Waals surface area contributed by atoms with Crippen LogP contribution in [0.5, 0.6) is 0 Å². The summed E-state index contributed by atoms with van der Waals surface area (Å²) in [5.74, 6) is 0.0347. The number of aryl methyl sites for hydroxylation is 1. The van der Waals surface area contributed by atoms with E-state index in [1.807, 2.05) is 19.2 Å². The summed E-state index contributed by atoms with van der Waals surface area (Å²) in [7, 11) is 2.04. The third kappa shape index (κ3) is 4.07. The largest absolute Gasteiger partial charge is 0.372 e. The fourth-order valence-electron chi connectivity index (χ4n) is 3.87. The number of hydrogen-bond acceptors (Lipinski definition) is 3. The van der Waals surface area contributed by atoms with E-state index in [0.29, 0.717) is 12.6 Å². The molecule has 0 radical (unpaired) electrons. The van der Waals surface area contributed by atoms with Crippen LogP contribution in [0.15, 0.2) is 48.5 Å². The van der Waals surface area contributed by atoms with Crippen LogP contribution in [0, 0.1) is 0 Å². The van der Waals surface area contributed by atoms with E-state index >= 15 is 0 Å². The Morgan fingerprint density at radius 2 is 1.77 bits per heavy atom. The second kappa shape index (κ2) is 8.37. The number of likely N-dealkylation sites (N-methyl/N-ethyl adjacent to an activating group) is 1. The predicted octanol–water partition coefficient (Wildman–Crippen LogP) is 4.09. The number of fused-ring (bicyclic) bond motifs is 1. The number of anilines is 2. The molecule has 0 saturated carbocycles. The minimum absolute atomic E-state index is 0.0347. The van der Waals surface area contributed by atoms with Crippen LogP contribution in [0.2, 0.25) is 0 Å². The second-order valence-electron chi connectivity index (χ2n) is 6.94. The van der Waals surface area contributed by atoms with Crippen LogP contribution in [0.25, 0.3) is 0 Å². The standard InChI is InChI=1S/C22H29N3O/c1-4-25(5-2)19-13-11-18(12-14-19)23-22(26)16-24(3)21-15-10-17-8-6-7-9-20(17)21/h6-9,11-14,21H,4-5,10,15-16H2,1-3H3,(H,23,26)/t21-/m0/s1. The highest BCUT2D eigenvalue weighted by Crippen LogP contribution is 2.34. The summed E-state index contributed by atoms with van der Waals surface area (Å²) >= 11 is 0. The highest BCUT2D eigenvalue weighted by atomic mass is 16.2. The molecule has 2 aromatic carbocycles. The zero-order chi connectivity index (χ0) is 18.5. The van der Waals surface area contributed by atoms with Crippen LogP contribution in [-0.4, -0.2) is 37.5 Å². The molecule has 138 valence electrons. The molecule has 26 heavy (non-hydrogen) atoms. The van der Waals surface area contributed by atoms with Gasteiger partial charge in [-0.25, -0.2) is 0 Å². The van der Waals surface area contributed by atoms with Crippen molar-refractivity contribution in [2.45, 2.75) is 32.7 Å². The van der Waals surface area contributed by atoms with Crippen LogP contribution >= 0.6 is 0 Å². The molecule has 3 rings (SSSR count). The zero-order valence-electron chi connectivity index (χ0n) is 16.0. The Balaban J connectivity index is 1.57. The van der Waals surface area contributed by atoms with E-state index in [9.17, 15) is 4.79 Å². The van der Waals surface area contributed by atoms with Gasteiger partial charge in [0, 0.05) is 30.5 Å². The summed E-state index contributed by atoms with van der Waals surface area (Å²) in [4.78, 5) is 16.9. The predicted molar refractivity (Wildman–Crippen MR) is 109 cm³/mol. The monoisotopic (exact) mass is 351 g/mol. The SMILES string of the molecule is CCN(CC)c1ccc(NC(=O)CN(C)[C@H]2CCc3ccccc32)cc1. The van der Waals surface area contributed by atoms with Gasteiger partial charge in [-0.2, -0.15) is 0 Å². The average Bonchev–Trinajstić information content (AvgIpc) is 3.08. The molecule has 0 aliphatic heterocycles. The highest BCUT2D eigenvalue weighted by Gasteiger charge is 2.26. The quantitative estimate of drug-likeness (QED) is 0.816. The van der Waals surface area contributed by atoms with Crippen LogP contribution in [-0.2, 0) is 11.2 Å². The summed E-state index contributed by atoms with van der Waals surface area (Å²) < 4.78 is 0. The Morgan fingerprint density at radius 3 is 2.46 bits per heavy atom. The average molecular weight is 351 g/mol. The van der Waals surface area contributed by atoms with Crippen molar-refractivity contribution >= 4 is 17.3 Å². The molecule has 4 nitrogen and oxygen atoms in total. The third-order valence-corrected chi connectivity index (χ3v) is 5.31. The van der Waals surface area contributed by atoms with Crippen molar-refractivity contribution in [3.8, 4) is 0 Å². The number of benzene rings is 2. The zero-order valence-corrected chi connectivity index (χ0v) is 16.0. The lowest BCUT2D eigenvalue weighted by Crippen LogP contribution is -2.32. The van der Waals surface area contributed by atoms with Gasteiger partial charge in [-0.15, -0.1) is 0 Å². The fraction of sp³-hybridized carbons (Fsp3) is 0.409. The Labute approximate surface area is 156 Å². The number of amides is 1. The van der Waals surface area contributed by atoms with E-state index in [1.165, 1.54) is 16.8 Å². The van der Waals surface area contributed by atoms with Crippen molar-refractivity contribution in [2.24, 2.45) is 0 Å². The van der Waals surface area contributed by atoms with Crippen molar-refractivity contribution < 1.29 is 4.79 Å². The van der Waals surface area contributed by atoms with Gasteiger partial charge in [-0.05, 0) is 69.1 Å². The highest BCUT2D eigenvalue weighted by molar-refractivity contribution is 5.92. The molecule has 0 saturated heterocycles. The Hall–Kier alpha value is -2.33. The minimum Gasteiger partial charge on any atom is -0.372 e. The molecule has 0 fully saturated rings. The van der Waals surface area contributed by atoms with Crippen molar-refractivity contribution in [3.05, 3.63) is 59.7 Å². The maximum atomic E-state index is 12.5. The molecule has 0 bridgehead atoms. The first-order chi connectivity index (χ1) is 12.6. The van der Waals surface area contributed by atoms with Gasteiger partial charge >= 0.3 is 0 Å². The molecular formula is C22H29N3O. The first-order valence-electron chi connectivity index (χ1n) is 9.55. The van der Waals surface area contributed by atoms with Crippen molar-refractivity contribution in [2.75, 3.05) is 36.9 Å². The van der Waals surface area contributed by atoms with E-state index < -0.39 is 0 Å². The lowest BCUT2D eigenvalue weighted by molar-refractivity contribution is -0.117. The minimum atomic E-state index is 0.0347. The maximum absolute atomic E-state index is 12.5. The first-order valence-corrected chi connectivity index (χ1v) is 9.55. The molecule has 0 spiro atoms. The van der Waals surface area contributed by atoms with Crippen molar-refractivity contribution in [1.82, 2.24) is 4.90 Å². The number of hydrogen-bond donors (Lipinski definition) is 1. The molecule has 2 aromatic rings. The van der Waals surface area contributed by atoms with Gasteiger partial charge in [-0.1, -0.05) is 24.3 Å². The number of carbonyl (C=O) groups is 1. The molecule has 1 aliphatic rings. The topological polar surface area (TPSA) is 35.6 Å². The summed E-state index contributed by atoms with van der Waals surface area (Å²) in [5.41, 5.74) is 4.82. The lowest BCUT2D eigenvalue weighted by Gasteiger charge is -2.24. The van der Waals surface area contributed by atoms with Gasteiger partial charge < -0.3 is 10.2 Å². The van der Waals surface area contributed by atoms with Crippen molar-refractivity contribution in [1.29, 1.82) is 0 Å². The maximum Gasteiger partial charge on any atom is 0.238 e. The lowest BCUT2D eigenvalue weighted by atomic mass is 10.1. The molecule has 0 heterocycles. The summed E-state index contributed by atoms with van der Waals surface area (Å²) in [5, 5.41) is 3.02. The molecule has 1 N–H and O–H groups in total.